The molecule has 3 heterocycles. The van der Waals surface area contributed by atoms with Crippen LogP contribution in [-0.4, -0.2) is 66.1 Å². The fraction of sp³-hybridized carbons (Fsp3) is 0.444. The second-order valence-electron chi connectivity index (χ2n) is 7.43. The summed E-state index contributed by atoms with van der Waals surface area (Å²) in [7, 11) is 4.12. The van der Waals surface area contributed by atoms with Crippen LogP contribution >= 0.6 is 0 Å². The summed E-state index contributed by atoms with van der Waals surface area (Å²) in [6.45, 7) is 1.75. The molecule has 0 spiro atoms. The smallest absolute Gasteiger partial charge is 0.230 e. The summed E-state index contributed by atoms with van der Waals surface area (Å²) in [4.78, 5) is 6.81. The van der Waals surface area contributed by atoms with E-state index >= 15 is 0 Å². The van der Waals surface area contributed by atoms with E-state index in [1.807, 2.05) is 22.9 Å². The quantitative estimate of drug-likeness (QED) is 0.554. The van der Waals surface area contributed by atoms with Crippen LogP contribution in [0, 0.1) is 0 Å². The average molecular weight is 379 g/mol. The lowest BCUT2D eigenvalue weighted by molar-refractivity contribution is 0.333. The van der Waals surface area contributed by atoms with Crippen LogP contribution in [0.2, 0.25) is 0 Å². The third-order valence-electron chi connectivity index (χ3n) is 5.21. The molecule has 1 aliphatic rings. The Balaban J connectivity index is 1.37. The molecule has 1 atom stereocenters. The number of aromatic nitrogens is 8. The molecule has 1 unspecified atom stereocenters. The molecule has 144 valence electrons. The second kappa shape index (κ2) is 6.79. The minimum atomic E-state index is 0.182. The minimum Gasteiger partial charge on any atom is -0.339 e. The lowest BCUT2D eigenvalue weighted by Gasteiger charge is -2.19. The first-order valence-electron chi connectivity index (χ1n) is 9.38. The molecule has 28 heavy (non-hydrogen) atoms. The highest BCUT2D eigenvalue weighted by atomic mass is 16.5. The van der Waals surface area contributed by atoms with Crippen molar-refractivity contribution in [1.29, 1.82) is 0 Å². The summed E-state index contributed by atoms with van der Waals surface area (Å²) in [6, 6.07) is 5.73. The molecule has 3 aromatic heterocycles. The van der Waals surface area contributed by atoms with Crippen molar-refractivity contribution < 1.29 is 4.52 Å². The van der Waals surface area contributed by atoms with E-state index in [1.165, 1.54) is 5.69 Å². The standard InChI is InChI=1S/C18H21N9O/c1-26(2)7-8-27-16-10-12(4-6-14(16)22-25-27)18-19-17(23-28-18)11-3-5-13-15(9-11)21-24-20-13/h3,5,9,12H,4,6-8,10H2,1-2H3,(H,20,21,24). The van der Waals surface area contributed by atoms with Crippen molar-refractivity contribution in [2.75, 3.05) is 20.6 Å². The first-order valence-corrected chi connectivity index (χ1v) is 9.38. The number of benzene rings is 1. The predicted molar refractivity (Wildman–Crippen MR) is 101 cm³/mol. The Morgan fingerprint density at radius 3 is 3.04 bits per heavy atom. The number of hydrogen-bond acceptors (Lipinski definition) is 8. The normalized spacial score (nSPS) is 16.8. The first kappa shape index (κ1) is 17.0. The van der Waals surface area contributed by atoms with E-state index < -0.39 is 0 Å². The van der Waals surface area contributed by atoms with Gasteiger partial charge in [-0.3, -0.25) is 0 Å². The lowest BCUT2D eigenvalue weighted by atomic mass is 9.89. The first-order chi connectivity index (χ1) is 13.7. The molecular weight excluding hydrogens is 358 g/mol. The van der Waals surface area contributed by atoms with Crippen molar-refractivity contribution in [3.05, 3.63) is 35.5 Å². The van der Waals surface area contributed by atoms with Gasteiger partial charge in [-0.15, -0.1) is 5.10 Å². The summed E-state index contributed by atoms with van der Waals surface area (Å²) in [5, 5.41) is 23.7. The summed E-state index contributed by atoms with van der Waals surface area (Å²) in [5.74, 6) is 1.42. The molecule has 4 aromatic rings. The van der Waals surface area contributed by atoms with Gasteiger partial charge in [0.25, 0.3) is 0 Å². The number of hydrogen-bond donors (Lipinski definition) is 1. The number of aromatic amines is 1. The summed E-state index contributed by atoms with van der Waals surface area (Å²) < 4.78 is 7.63. The average Bonchev–Trinajstić information content (AvgIpc) is 3.43. The summed E-state index contributed by atoms with van der Waals surface area (Å²) in [6.07, 6.45) is 2.63. The van der Waals surface area contributed by atoms with Crippen molar-refractivity contribution in [1.82, 2.24) is 45.4 Å². The number of nitrogens with zero attached hydrogens (tertiary/aromatic N) is 8. The fourth-order valence-electron chi connectivity index (χ4n) is 3.62. The van der Waals surface area contributed by atoms with Gasteiger partial charge in [-0.25, -0.2) is 4.68 Å². The van der Waals surface area contributed by atoms with E-state index in [-0.39, 0.29) is 5.92 Å². The lowest BCUT2D eigenvalue weighted by Crippen LogP contribution is -2.22. The second-order valence-corrected chi connectivity index (χ2v) is 7.43. The van der Waals surface area contributed by atoms with E-state index in [0.717, 1.165) is 54.6 Å². The largest absolute Gasteiger partial charge is 0.339 e. The van der Waals surface area contributed by atoms with E-state index in [2.05, 4.69) is 54.9 Å². The van der Waals surface area contributed by atoms with Crippen molar-refractivity contribution in [2.24, 2.45) is 0 Å². The zero-order valence-electron chi connectivity index (χ0n) is 15.8. The van der Waals surface area contributed by atoms with Gasteiger partial charge in [0.1, 0.15) is 11.0 Å². The molecular formula is C18H21N9O. The van der Waals surface area contributed by atoms with Crippen LogP contribution < -0.4 is 0 Å². The molecule has 0 bridgehead atoms. The number of aryl methyl sites for hydroxylation is 1. The summed E-state index contributed by atoms with van der Waals surface area (Å²) >= 11 is 0. The molecule has 1 aliphatic carbocycles. The van der Waals surface area contributed by atoms with Gasteiger partial charge in [0, 0.05) is 24.4 Å². The number of rotatable bonds is 5. The molecule has 10 heteroatoms. The molecule has 1 aromatic carbocycles. The Hall–Kier alpha value is -3.14. The van der Waals surface area contributed by atoms with Gasteiger partial charge >= 0.3 is 0 Å². The van der Waals surface area contributed by atoms with E-state index in [4.69, 9.17) is 4.52 Å². The molecule has 0 radical (unpaired) electrons. The van der Waals surface area contributed by atoms with Gasteiger partial charge in [0.2, 0.25) is 11.7 Å². The highest BCUT2D eigenvalue weighted by Crippen LogP contribution is 2.32. The van der Waals surface area contributed by atoms with Crippen molar-refractivity contribution >= 4 is 11.0 Å². The highest BCUT2D eigenvalue weighted by Gasteiger charge is 2.29. The number of likely N-dealkylation sites (N-methyl/N-ethyl adjacent to an activating group) is 1. The van der Waals surface area contributed by atoms with Gasteiger partial charge < -0.3 is 9.42 Å². The van der Waals surface area contributed by atoms with Crippen LogP contribution in [-0.2, 0) is 19.4 Å². The molecule has 0 fully saturated rings. The predicted octanol–water partition coefficient (Wildman–Crippen LogP) is 1.43. The molecule has 0 aliphatic heterocycles. The Morgan fingerprint density at radius 1 is 1.25 bits per heavy atom. The Labute approximate surface area is 160 Å². The summed E-state index contributed by atoms with van der Waals surface area (Å²) in [5.41, 5.74) is 4.73. The van der Waals surface area contributed by atoms with Crippen molar-refractivity contribution in [3.63, 3.8) is 0 Å². The van der Waals surface area contributed by atoms with Gasteiger partial charge in [-0.2, -0.15) is 20.4 Å². The third kappa shape index (κ3) is 3.05. The topological polar surface area (TPSA) is 114 Å². The number of H-pyrrole nitrogens is 1. The van der Waals surface area contributed by atoms with Crippen LogP contribution in [0.1, 0.15) is 29.6 Å². The van der Waals surface area contributed by atoms with E-state index in [9.17, 15) is 0 Å². The van der Waals surface area contributed by atoms with Gasteiger partial charge in [-0.1, -0.05) is 10.4 Å². The maximum atomic E-state index is 5.62. The zero-order valence-corrected chi connectivity index (χ0v) is 15.8. The number of nitrogens with one attached hydrogen (secondary N) is 1. The molecule has 0 saturated carbocycles. The minimum absolute atomic E-state index is 0.182. The van der Waals surface area contributed by atoms with E-state index in [1.54, 1.807) is 0 Å². The number of fused-ring (bicyclic) bond motifs is 2. The van der Waals surface area contributed by atoms with Crippen LogP contribution in [0.3, 0.4) is 0 Å². The maximum Gasteiger partial charge on any atom is 0.230 e. The SMILES string of the molecule is CN(C)CCn1nnc2c1CC(c1nc(-c3ccc4n[nH]nc4c3)no1)CC2. The third-order valence-corrected chi connectivity index (χ3v) is 5.21. The Morgan fingerprint density at radius 2 is 2.14 bits per heavy atom. The highest BCUT2D eigenvalue weighted by molar-refractivity contribution is 5.79. The Bertz CT molecular complexity index is 1110. The van der Waals surface area contributed by atoms with Gasteiger partial charge in [0.05, 0.1) is 17.9 Å². The monoisotopic (exact) mass is 379 g/mol. The molecule has 5 rings (SSSR count). The fourth-order valence-corrected chi connectivity index (χ4v) is 3.62. The zero-order chi connectivity index (χ0) is 19.1. The molecule has 10 nitrogen and oxygen atoms in total. The molecule has 0 amide bonds. The maximum absolute atomic E-state index is 5.62. The van der Waals surface area contributed by atoms with Gasteiger partial charge in [-0.05, 0) is 45.1 Å². The van der Waals surface area contributed by atoms with E-state index in [0.29, 0.717) is 11.7 Å². The van der Waals surface area contributed by atoms with Crippen LogP contribution in [0.4, 0.5) is 0 Å². The van der Waals surface area contributed by atoms with Crippen molar-refractivity contribution in [3.8, 4) is 11.4 Å². The molecule has 0 saturated heterocycles. The van der Waals surface area contributed by atoms with Crippen LogP contribution in [0.15, 0.2) is 22.7 Å². The van der Waals surface area contributed by atoms with Gasteiger partial charge in [0.15, 0.2) is 0 Å². The van der Waals surface area contributed by atoms with Crippen LogP contribution in [0.25, 0.3) is 22.4 Å². The van der Waals surface area contributed by atoms with Crippen LogP contribution in [0.5, 0.6) is 0 Å². The molecule has 1 N–H and O–H groups in total. The Kier molecular flexibility index (Phi) is 4.12. The van der Waals surface area contributed by atoms with Crippen molar-refractivity contribution in [2.45, 2.75) is 31.7 Å².